The Kier molecular flexibility index (Phi) is 3.55. The van der Waals surface area contributed by atoms with E-state index in [-0.39, 0.29) is 0 Å². The highest BCUT2D eigenvalue weighted by molar-refractivity contribution is 4.67. The minimum Gasteiger partial charge on any atom is -0.361 e. The first-order valence-electron chi connectivity index (χ1n) is 4.40. The Labute approximate surface area is 74.7 Å². The van der Waals surface area contributed by atoms with Crippen molar-refractivity contribution in [1.29, 1.82) is 0 Å². The van der Waals surface area contributed by atoms with Gasteiger partial charge in [0.2, 0.25) is 0 Å². The van der Waals surface area contributed by atoms with Crippen LogP contribution in [0, 0.1) is 0 Å². The normalized spacial score (nSPS) is 23.1. The van der Waals surface area contributed by atoms with E-state index < -0.39 is 18.6 Å². The number of ether oxygens (including phenoxy) is 1. The highest BCUT2D eigenvalue weighted by Crippen LogP contribution is 2.26. The Bertz CT molecular complexity index is 152. The summed E-state index contributed by atoms with van der Waals surface area (Å²) < 4.78 is 40.0. The zero-order valence-electron chi connectivity index (χ0n) is 7.18. The number of hydrogen-bond acceptors (Lipinski definition) is 2. The second kappa shape index (κ2) is 4.28. The van der Waals surface area contributed by atoms with Gasteiger partial charge in [0.05, 0.1) is 6.10 Å². The van der Waals surface area contributed by atoms with Crippen molar-refractivity contribution >= 4 is 0 Å². The first kappa shape index (κ1) is 10.8. The molecule has 0 amide bonds. The van der Waals surface area contributed by atoms with Crippen molar-refractivity contribution in [2.45, 2.75) is 50.7 Å². The van der Waals surface area contributed by atoms with Crippen molar-refractivity contribution in [2.75, 3.05) is 0 Å². The standard InChI is InChI=1S/C8H13F3O2/c9-8(10,11)7(12)13-6-4-2-1-3-5-6/h6-7,12H,1-5H2. The third kappa shape index (κ3) is 3.52. The minimum atomic E-state index is -4.66. The summed E-state index contributed by atoms with van der Waals surface area (Å²) in [6, 6.07) is 0. The summed E-state index contributed by atoms with van der Waals surface area (Å²) in [6.07, 6.45) is -3.65. The largest absolute Gasteiger partial charge is 0.439 e. The van der Waals surface area contributed by atoms with Crippen LogP contribution in [0.4, 0.5) is 13.2 Å². The van der Waals surface area contributed by atoms with Gasteiger partial charge in [0.15, 0.2) is 0 Å². The van der Waals surface area contributed by atoms with E-state index >= 15 is 0 Å². The summed E-state index contributed by atoms with van der Waals surface area (Å²) in [5.41, 5.74) is 0. The topological polar surface area (TPSA) is 29.5 Å². The summed E-state index contributed by atoms with van der Waals surface area (Å²) in [7, 11) is 0. The fraction of sp³-hybridized carbons (Fsp3) is 1.00. The first-order chi connectivity index (χ1) is 6.00. The number of aliphatic hydroxyl groups excluding tert-OH is 1. The van der Waals surface area contributed by atoms with Gasteiger partial charge in [-0.25, -0.2) is 0 Å². The van der Waals surface area contributed by atoms with Gasteiger partial charge in [-0.3, -0.25) is 0 Å². The molecular weight excluding hydrogens is 185 g/mol. The summed E-state index contributed by atoms with van der Waals surface area (Å²) in [4.78, 5) is 0. The maximum atomic E-state index is 11.8. The molecule has 78 valence electrons. The number of halogens is 3. The minimum absolute atomic E-state index is 0.426. The number of aliphatic hydroxyl groups is 1. The van der Waals surface area contributed by atoms with E-state index in [4.69, 9.17) is 5.11 Å². The Morgan fingerprint density at radius 2 is 1.69 bits per heavy atom. The van der Waals surface area contributed by atoms with Crippen LogP contribution in [-0.4, -0.2) is 23.7 Å². The highest BCUT2D eigenvalue weighted by Gasteiger charge is 2.40. The molecule has 1 fully saturated rings. The monoisotopic (exact) mass is 198 g/mol. The van der Waals surface area contributed by atoms with Crippen LogP contribution in [0.5, 0.6) is 0 Å². The molecule has 13 heavy (non-hydrogen) atoms. The number of alkyl halides is 3. The zero-order valence-corrected chi connectivity index (χ0v) is 7.18. The Balaban J connectivity index is 2.30. The lowest BCUT2D eigenvalue weighted by atomic mass is 9.98. The summed E-state index contributed by atoms with van der Waals surface area (Å²) in [6.45, 7) is 0. The SMILES string of the molecule is OC(OC1CCCCC1)C(F)(F)F. The van der Waals surface area contributed by atoms with Gasteiger partial charge < -0.3 is 9.84 Å². The highest BCUT2D eigenvalue weighted by atomic mass is 19.4. The molecule has 1 aliphatic rings. The van der Waals surface area contributed by atoms with E-state index in [0.29, 0.717) is 12.8 Å². The predicted molar refractivity (Wildman–Crippen MR) is 40.0 cm³/mol. The number of rotatable bonds is 2. The second-order valence-electron chi connectivity index (χ2n) is 3.29. The van der Waals surface area contributed by atoms with Gasteiger partial charge >= 0.3 is 6.18 Å². The van der Waals surface area contributed by atoms with Crippen molar-refractivity contribution in [2.24, 2.45) is 0 Å². The average molecular weight is 198 g/mol. The molecule has 0 aromatic rings. The van der Waals surface area contributed by atoms with E-state index in [2.05, 4.69) is 4.74 Å². The fourth-order valence-electron chi connectivity index (χ4n) is 1.46. The molecule has 1 unspecified atom stereocenters. The van der Waals surface area contributed by atoms with Gasteiger partial charge in [-0.15, -0.1) is 0 Å². The lowest BCUT2D eigenvalue weighted by molar-refractivity contribution is -0.307. The Morgan fingerprint density at radius 3 is 2.15 bits per heavy atom. The van der Waals surface area contributed by atoms with Crippen molar-refractivity contribution < 1.29 is 23.0 Å². The summed E-state index contributed by atoms with van der Waals surface area (Å²) in [5, 5.41) is 8.59. The maximum Gasteiger partial charge on any atom is 0.439 e. The molecule has 0 saturated heterocycles. The molecule has 1 rings (SSSR count). The van der Waals surface area contributed by atoms with Crippen LogP contribution < -0.4 is 0 Å². The smallest absolute Gasteiger partial charge is 0.361 e. The molecule has 1 N–H and O–H groups in total. The fourth-order valence-corrected chi connectivity index (χ4v) is 1.46. The van der Waals surface area contributed by atoms with Gasteiger partial charge in [-0.05, 0) is 12.8 Å². The lowest BCUT2D eigenvalue weighted by Gasteiger charge is -2.25. The van der Waals surface area contributed by atoms with Gasteiger partial charge in [-0.1, -0.05) is 19.3 Å². The quantitative estimate of drug-likeness (QED) is 0.689. The molecule has 1 saturated carbocycles. The summed E-state index contributed by atoms with van der Waals surface area (Å²) in [5.74, 6) is 0. The predicted octanol–water partition coefficient (Wildman–Crippen LogP) is 2.22. The van der Waals surface area contributed by atoms with Crippen molar-refractivity contribution in [3.63, 3.8) is 0 Å². The van der Waals surface area contributed by atoms with Crippen LogP contribution in [0.2, 0.25) is 0 Å². The van der Waals surface area contributed by atoms with Crippen LogP contribution in [0.15, 0.2) is 0 Å². The van der Waals surface area contributed by atoms with Gasteiger partial charge in [0.1, 0.15) is 0 Å². The molecule has 0 radical (unpaired) electrons. The van der Waals surface area contributed by atoms with E-state index in [9.17, 15) is 13.2 Å². The summed E-state index contributed by atoms with van der Waals surface area (Å²) >= 11 is 0. The van der Waals surface area contributed by atoms with E-state index in [0.717, 1.165) is 19.3 Å². The van der Waals surface area contributed by atoms with Gasteiger partial charge in [0, 0.05) is 0 Å². The Hall–Kier alpha value is -0.290. The van der Waals surface area contributed by atoms with Crippen molar-refractivity contribution in [3.05, 3.63) is 0 Å². The molecule has 0 bridgehead atoms. The molecule has 1 atom stereocenters. The van der Waals surface area contributed by atoms with Crippen LogP contribution >= 0.6 is 0 Å². The molecule has 0 heterocycles. The molecule has 1 aliphatic carbocycles. The molecule has 0 aromatic heterocycles. The average Bonchev–Trinajstić information content (AvgIpc) is 2.04. The molecule has 2 nitrogen and oxygen atoms in total. The maximum absolute atomic E-state index is 11.8. The van der Waals surface area contributed by atoms with Gasteiger partial charge in [0.25, 0.3) is 6.29 Å². The number of hydrogen-bond donors (Lipinski definition) is 1. The van der Waals surface area contributed by atoms with E-state index in [1.807, 2.05) is 0 Å². The Morgan fingerprint density at radius 1 is 1.15 bits per heavy atom. The van der Waals surface area contributed by atoms with Crippen LogP contribution in [-0.2, 0) is 4.74 Å². The van der Waals surface area contributed by atoms with E-state index in [1.165, 1.54) is 0 Å². The zero-order chi connectivity index (χ0) is 9.90. The molecule has 0 aliphatic heterocycles. The lowest BCUT2D eigenvalue weighted by Crippen LogP contribution is -2.35. The third-order valence-corrected chi connectivity index (χ3v) is 2.15. The molecule has 0 aromatic carbocycles. The molecule has 5 heteroatoms. The van der Waals surface area contributed by atoms with Crippen molar-refractivity contribution in [3.8, 4) is 0 Å². The first-order valence-corrected chi connectivity index (χ1v) is 4.40. The molecular formula is C8H13F3O2. The van der Waals surface area contributed by atoms with E-state index in [1.54, 1.807) is 0 Å². The molecule has 0 spiro atoms. The van der Waals surface area contributed by atoms with Crippen LogP contribution in [0.1, 0.15) is 32.1 Å². The second-order valence-corrected chi connectivity index (χ2v) is 3.29. The van der Waals surface area contributed by atoms with Crippen molar-refractivity contribution in [1.82, 2.24) is 0 Å². The van der Waals surface area contributed by atoms with Crippen LogP contribution in [0.3, 0.4) is 0 Å². The van der Waals surface area contributed by atoms with Gasteiger partial charge in [-0.2, -0.15) is 13.2 Å². The van der Waals surface area contributed by atoms with Crippen LogP contribution in [0.25, 0.3) is 0 Å². The third-order valence-electron chi connectivity index (χ3n) is 2.15.